The lowest BCUT2D eigenvalue weighted by atomic mass is 10.1. The number of carbonyl (C=O) groups is 1. The van der Waals surface area contributed by atoms with Crippen molar-refractivity contribution in [2.75, 3.05) is 31.3 Å². The Balaban J connectivity index is 0.00000139. The number of methoxy groups -OCH3 is 1. The van der Waals surface area contributed by atoms with Crippen molar-refractivity contribution in [1.29, 1.82) is 0 Å². The summed E-state index contributed by atoms with van der Waals surface area (Å²) in [4.78, 5) is 16.4. The summed E-state index contributed by atoms with van der Waals surface area (Å²) in [5.74, 6) is -0.184. The summed E-state index contributed by atoms with van der Waals surface area (Å²) in [7, 11) is 1.63. The van der Waals surface area contributed by atoms with E-state index in [1.807, 2.05) is 12.1 Å². The molecule has 2 aromatic rings. The van der Waals surface area contributed by atoms with Crippen LogP contribution < -0.4 is 16.4 Å². The highest BCUT2D eigenvalue weighted by molar-refractivity contribution is 6.00. The third-order valence-corrected chi connectivity index (χ3v) is 3.09. The highest BCUT2D eigenvalue weighted by Gasteiger charge is 2.11. The standard InChI is InChI=1S/C16H20N4O2.C2H4/c1-22-8-7-19-15-5-4-13(17)9-14(15)16(21)20-11-12-3-2-6-18-10-12;1-2/h2-6,9-10,19H,7-8,11,17H2,1H3,(H,20,21);1-2H2. The maximum atomic E-state index is 12.4. The van der Waals surface area contributed by atoms with Gasteiger partial charge in [0.1, 0.15) is 0 Å². The molecule has 1 aromatic heterocycles. The second-order valence-corrected chi connectivity index (χ2v) is 4.77. The maximum Gasteiger partial charge on any atom is 0.253 e. The molecule has 1 aromatic carbocycles. The highest BCUT2D eigenvalue weighted by atomic mass is 16.5. The summed E-state index contributed by atoms with van der Waals surface area (Å²) >= 11 is 0. The molecule has 4 N–H and O–H groups in total. The molecule has 0 saturated carbocycles. The molecule has 0 aliphatic heterocycles. The topological polar surface area (TPSA) is 89.3 Å². The molecule has 0 spiro atoms. The number of amides is 1. The molecule has 0 unspecified atom stereocenters. The third-order valence-electron chi connectivity index (χ3n) is 3.09. The Morgan fingerprint density at radius 1 is 1.33 bits per heavy atom. The number of nitrogens with zero attached hydrogens (tertiary/aromatic N) is 1. The minimum atomic E-state index is -0.184. The number of nitrogens with two attached hydrogens (primary N) is 1. The van der Waals surface area contributed by atoms with Gasteiger partial charge in [0, 0.05) is 44.0 Å². The van der Waals surface area contributed by atoms with E-state index in [0.29, 0.717) is 30.9 Å². The van der Waals surface area contributed by atoms with Crippen molar-refractivity contribution in [1.82, 2.24) is 10.3 Å². The van der Waals surface area contributed by atoms with Crippen LogP contribution in [0.2, 0.25) is 0 Å². The van der Waals surface area contributed by atoms with E-state index in [1.165, 1.54) is 0 Å². The van der Waals surface area contributed by atoms with E-state index < -0.39 is 0 Å². The minimum absolute atomic E-state index is 0.184. The SMILES string of the molecule is C=C.COCCNc1ccc(N)cc1C(=O)NCc1cccnc1. The molecule has 0 bridgehead atoms. The molecule has 0 radical (unpaired) electrons. The number of benzene rings is 1. The van der Waals surface area contributed by atoms with Crippen LogP contribution in [0.15, 0.2) is 55.9 Å². The first-order valence-electron chi connectivity index (χ1n) is 7.50. The van der Waals surface area contributed by atoms with Crippen LogP contribution in [0.1, 0.15) is 15.9 Å². The fourth-order valence-corrected chi connectivity index (χ4v) is 1.97. The van der Waals surface area contributed by atoms with Gasteiger partial charge in [-0.05, 0) is 29.8 Å². The number of nitrogen functional groups attached to an aromatic ring is 1. The monoisotopic (exact) mass is 328 g/mol. The van der Waals surface area contributed by atoms with Gasteiger partial charge in [-0.15, -0.1) is 13.2 Å². The average molecular weight is 328 g/mol. The van der Waals surface area contributed by atoms with E-state index >= 15 is 0 Å². The van der Waals surface area contributed by atoms with Crippen molar-refractivity contribution >= 4 is 17.3 Å². The number of hydrogen-bond donors (Lipinski definition) is 3. The van der Waals surface area contributed by atoms with Crippen molar-refractivity contribution < 1.29 is 9.53 Å². The van der Waals surface area contributed by atoms with Crippen molar-refractivity contribution in [3.05, 3.63) is 67.0 Å². The zero-order valence-electron chi connectivity index (χ0n) is 13.9. The molecule has 0 aliphatic rings. The molecule has 24 heavy (non-hydrogen) atoms. The molecular formula is C18H24N4O2. The molecule has 2 rings (SSSR count). The number of aromatic nitrogens is 1. The summed E-state index contributed by atoms with van der Waals surface area (Å²) in [6, 6.07) is 8.95. The number of rotatable bonds is 7. The van der Waals surface area contributed by atoms with Gasteiger partial charge in [0.15, 0.2) is 0 Å². The van der Waals surface area contributed by atoms with Gasteiger partial charge in [0.25, 0.3) is 5.91 Å². The molecule has 0 aliphatic carbocycles. The van der Waals surface area contributed by atoms with Gasteiger partial charge in [-0.25, -0.2) is 0 Å². The van der Waals surface area contributed by atoms with Crippen LogP contribution in [-0.2, 0) is 11.3 Å². The number of nitrogens with one attached hydrogen (secondary N) is 2. The smallest absolute Gasteiger partial charge is 0.253 e. The Morgan fingerprint density at radius 3 is 2.79 bits per heavy atom. The van der Waals surface area contributed by atoms with Crippen molar-refractivity contribution in [2.24, 2.45) is 0 Å². The Labute approximate surface area is 142 Å². The van der Waals surface area contributed by atoms with Gasteiger partial charge in [0.2, 0.25) is 0 Å². The second-order valence-electron chi connectivity index (χ2n) is 4.77. The van der Waals surface area contributed by atoms with Crippen LogP contribution in [0.25, 0.3) is 0 Å². The van der Waals surface area contributed by atoms with E-state index in [-0.39, 0.29) is 5.91 Å². The first kappa shape index (κ1) is 19.2. The van der Waals surface area contributed by atoms with Crippen LogP contribution in [0.3, 0.4) is 0 Å². The largest absolute Gasteiger partial charge is 0.399 e. The summed E-state index contributed by atoms with van der Waals surface area (Å²) in [6.07, 6.45) is 3.42. The van der Waals surface area contributed by atoms with Crippen LogP contribution >= 0.6 is 0 Å². The van der Waals surface area contributed by atoms with E-state index in [4.69, 9.17) is 10.5 Å². The molecule has 6 heteroatoms. The molecule has 0 atom stereocenters. The number of ether oxygens (including phenoxy) is 1. The summed E-state index contributed by atoms with van der Waals surface area (Å²) in [5.41, 5.74) is 8.51. The molecular weight excluding hydrogens is 304 g/mol. The number of pyridine rings is 1. The predicted molar refractivity (Wildman–Crippen MR) is 97.9 cm³/mol. The van der Waals surface area contributed by atoms with E-state index in [1.54, 1.807) is 37.7 Å². The van der Waals surface area contributed by atoms with Crippen molar-refractivity contribution in [3.63, 3.8) is 0 Å². The third kappa shape index (κ3) is 6.10. The van der Waals surface area contributed by atoms with Crippen LogP contribution in [-0.4, -0.2) is 31.2 Å². The lowest BCUT2D eigenvalue weighted by Gasteiger charge is -2.13. The first-order chi connectivity index (χ1) is 11.7. The summed E-state index contributed by atoms with van der Waals surface area (Å²) < 4.78 is 5.00. The number of hydrogen-bond acceptors (Lipinski definition) is 5. The molecule has 0 fully saturated rings. The molecule has 1 amide bonds. The fourth-order valence-electron chi connectivity index (χ4n) is 1.97. The molecule has 6 nitrogen and oxygen atoms in total. The van der Waals surface area contributed by atoms with Crippen LogP contribution in [0, 0.1) is 0 Å². The molecule has 0 saturated heterocycles. The van der Waals surface area contributed by atoms with Gasteiger partial charge < -0.3 is 21.1 Å². The van der Waals surface area contributed by atoms with Gasteiger partial charge in [-0.2, -0.15) is 0 Å². The van der Waals surface area contributed by atoms with Crippen LogP contribution in [0.5, 0.6) is 0 Å². The maximum absolute atomic E-state index is 12.4. The Bertz CT molecular complexity index is 632. The quantitative estimate of drug-likeness (QED) is 0.413. The Morgan fingerprint density at radius 2 is 2.12 bits per heavy atom. The zero-order valence-corrected chi connectivity index (χ0v) is 13.9. The minimum Gasteiger partial charge on any atom is -0.399 e. The van der Waals surface area contributed by atoms with Gasteiger partial charge in [0.05, 0.1) is 12.2 Å². The number of anilines is 2. The second kappa shape index (κ2) is 10.8. The lowest BCUT2D eigenvalue weighted by Crippen LogP contribution is -2.24. The summed E-state index contributed by atoms with van der Waals surface area (Å²) in [5, 5.41) is 6.03. The predicted octanol–water partition coefficient (Wildman–Crippen LogP) is 2.45. The average Bonchev–Trinajstić information content (AvgIpc) is 2.63. The van der Waals surface area contributed by atoms with Gasteiger partial charge in [-0.3, -0.25) is 9.78 Å². The summed E-state index contributed by atoms with van der Waals surface area (Å²) in [6.45, 7) is 7.59. The zero-order chi connectivity index (χ0) is 17.8. The highest BCUT2D eigenvalue weighted by Crippen LogP contribution is 2.19. The first-order valence-corrected chi connectivity index (χ1v) is 7.50. The molecule has 128 valence electrons. The van der Waals surface area contributed by atoms with Gasteiger partial charge >= 0.3 is 0 Å². The van der Waals surface area contributed by atoms with E-state index in [0.717, 1.165) is 11.3 Å². The van der Waals surface area contributed by atoms with Crippen molar-refractivity contribution in [2.45, 2.75) is 6.54 Å². The van der Waals surface area contributed by atoms with E-state index in [2.05, 4.69) is 28.8 Å². The number of carbonyl (C=O) groups excluding carboxylic acids is 1. The normalized spacial score (nSPS) is 9.54. The van der Waals surface area contributed by atoms with Crippen LogP contribution in [0.4, 0.5) is 11.4 Å². The Hall–Kier alpha value is -2.86. The fraction of sp³-hybridized carbons (Fsp3) is 0.222. The molecule has 1 heterocycles. The Kier molecular flexibility index (Phi) is 8.63. The van der Waals surface area contributed by atoms with E-state index in [9.17, 15) is 4.79 Å². The van der Waals surface area contributed by atoms with Gasteiger partial charge in [-0.1, -0.05) is 6.07 Å². The van der Waals surface area contributed by atoms with Crippen molar-refractivity contribution in [3.8, 4) is 0 Å². The lowest BCUT2D eigenvalue weighted by molar-refractivity contribution is 0.0951.